The molecule has 10 heteroatoms. The van der Waals surface area contributed by atoms with Crippen LogP contribution in [0.3, 0.4) is 0 Å². The summed E-state index contributed by atoms with van der Waals surface area (Å²) in [6.45, 7) is 4.47. The number of likely N-dealkylation sites (tertiary alicyclic amines) is 1. The van der Waals surface area contributed by atoms with Crippen LogP contribution in [-0.4, -0.2) is 56.8 Å². The van der Waals surface area contributed by atoms with E-state index in [1.165, 1.54) is 22.6 Å². The van der Waals surface area contributed by atoms with Crippen LogP contribution in [0.15, 0.2) is 42.9 Å². The van der Waals surface area contributed by atoms with E-state index >= 15 is 0 Å². The van der Waals surface area contributed by atoms with Gasteiger partial charge in [-0.2, -0.15) is 23.5 Å². The van der Waals surface area contributed by atoms with E-state index in [-0.39, 0.29) is 11.0 Å². The maximum absolute atomic E-state index is 12.9. The van der Waals surface area contributed by atoms with E-state index in [0.29, 0.717) is 17.0 Å². The number of nitrogens with zero attached hydrogens (tertiary/aromatic N) is 6. The van der Waals surface area contributed by atoms with Crippen LogP contribution >= 0.6 is 0 Å². The molecule has 0 bridgehead atoms. The van der Waals surface area contributed by atoms with Gasteiger partial charge in [-0.15, -0.1) is 0 Å². The second kappa shape index (κ2) is 7.99. The molecule has 1 atom stereocenters. The maximum Gasteiger partial charge on any atom is 0.393 e. The fourth-order valence-electron chi connectivity index (χ4n) is 5.74. The van der Waals surface area contributed by atoms with Crippen LogP contribution < -0.4 is 4.90 Å². The van der Waals surface area contributed by atoms with Crippen LogP contribution in [-0.2, 0) is 13.0 Å². The summed E-state index contributed by atoms with van der Waals surface area (Å²) >= 11 is 0. The van der Waals surface area contributed by atoms with E-state index in [1.54, 1.807) is 6.07 Å². The SMILES string of the molecule is N#Cc1cc2ccc(CN3CCC4(CCN(c5ncnn6cc(CC(F)(F)F)cc56)C4)C3)cc2[nH]1. The van der Waals surface area contributed by atoms with Crippen LogP contribution in [0.1, 0.15) is 29.7 Å². The molecule has 2 aliphatic heterocycles. The van der Waals surface area contributed by atoms with Gasteiger partial charge in [-0.05, 0) is 48.7 Å². The number of alkyl halides is 3. The van der Waals surface area contributed by atoms with Gasteiger partial charge in [0, 0.05) is 48.7 Å². The van der Waals surface area contributed by atoms with Crippen molar-refractivity contribution in [1.82, 2.24) is 24.5 Å². The van der Waals surface area contributed by atoms with Crippen LogP contribution in [0, 0.1) is 16.7 Å². The van der Waals surface area contributed by atoms with Crippen molar-refractivity contribution in [3.05, 3.63) is 59.7 Å². The molecule has 7 nitrogen and oxygen atoms in total. The van der Waals surface area contributed by atoms with E-state index in [2.05, 4.69) is 49.1 Å². The summed E-state index contributed by atoms with van der Waals surface area (Å²) < 4.78 is 40.2. The third kappa shape index (κ3) is 4.21. The highest BCUT2D eigenvalue weighted by Gasteiger charge is 2.44. The number of hydrogen-bond acceptors (Lipinski definition) is 5. The highest BCUT2D eigenvalue weighted by atomic mass is 19.4. The molecular formula is C25H24F3N7. The Balaban J connectivity index is 1.16. The van der Waals surface area contributed by atoms with E-state index in [1.807, 2.05) is 6.07 Å². The number of nitriles is 1. The van der Waals surface area contributed by atoms with Gasteiger partial charge in [-0.1, -0.05) is 12.1 Å². The summed E-state index contributed by atoms with van der Waals surface area (Å²) in [5.41, 5.74) is 3.71. The minimum Gasteiger partial charge on any atom is -0.354 e. The van der Waals surface area contributed by atoms with Gasteiger partial charge in [0.1, 0.15) is 23.6 Å². The lowest BCUT2D eigenvalue weighted by molar-refractivity contribution is -0.127. The molecule has 1 unspecified atom stereocenters. The molecule has 0 aliphatic carbocycles. The Bertz CT molecular complexity index is 1450. The number of aromatic nitrogens is 4. The molecule has 6 rings (SSSR count). The first-order valence-electron chi connectivity index (χ1n) is 11.7. The van der Waals surface area contributed by atoms with Gasteiger partial charge in [0.05, 0.1) is 6.42 Å². The number of hydrogen-bond donors (Lipinski definition) is 1. The summed E-state index contributed by atoms with van der Waals surface area (Å²) in [7, 11) is 0. The molecule has 5 heterocycles. The van der Waals surface area contributed by atoms with Crippen LogP contribution in [0.4, 0.5) is 19.0 Å². The number of nitrogens with one attached hydrogen (secondary N) is 1. The molecule has 1 N–H and O–H groups in total. The number of rotatable bonds is 4. The zero-order valence-electron chi connectivity index (χ0n) is 19.0. The second-order valence-corrected chi connectivity index (χ2v) is 9.90. The summed E-state index contributed by atoms with van der Waals surface area (Å²) in [4.78, 5) is 12.3. The minimum absolute atomic E-state index is 0.147. The predicted octanol–water partition coefficient (Wildman–Crippen LogP) is 4.29. The van der Waals surface area contributed by atoms with Gasteiger partial charge in [-0.25, -0.2) is 9.50 Å². The third-order valence-corrected chi connectivity index (χ3v) is 7.32. The lowest BCUT2D eigenvalue weighted by Crippen LogP contribution is -2.31. The van der Waals surface area contributed by atoms with Crippen molar-refractivity contribution >= 4 is 22.2 Å². The zero-order chi connectivity index (χ0) is 24.2. The Labute approximate surface area is 199 Å². The number of aromatic amines is 1. The van der Waals surface area contributed by atoms with Crippen LogP contribution in [0.2, 0.25) is 0 Å². The van der Waals surface area contributed by atoms with Crippen LogP contribution in [0.5, 0.6) is 0 Å². The lowest BCUT2D eigenvalue weighted by Gasteiger charge is -2.25. The molecular weight excluding hydrogens is 455 g/mol. The molecule has 1 spiro atoms. The standard InChI is InChI=1S/C25H24F3N7/c26-25(27,28)10-18-8-22-23(30-16-31-35(22)13-18)34-6-4-24(15-34)3-5-33(14-24)12-17-1-2-19-9-20(11-29)32-21(19)7-17/h1-2,7-9,13,16,32H,3-6,10,12,14-15H2. The Morgan fingerprint density at radius 3 is 2.77 bits per heavy atom. The highest BCUT2D eigenvalue weighted by molar-refractivity contribution is 5.81. The average Bonchev–Trinajstić information content (AvgIpc) is 3.58. The van der Waals surface area contributed by atoms with Gasteiger partial charge < -0.3 is 9.88 Å². The minimum atomic E-state index is -4.26. The number of benzene rings is 1. The fourth-order valence-corrected chi connectivity index (χ4v) is 5.74. The number of H-pyrrole nitrogens is 1. The first-order valence-corrected chi connectivity index (χ1v) is 11.7. The van der Waals surface area contributed by atoms with Gasteiger partial charge in [0.2, 0.25) is 0 Å². The molecule has 0 saturated carbocycles. The topological polar surface area (TPSA) is 76.2 Å². The monoisotopic (exact) mass is 479 g/mol. The van der Waals surface area contributed by atoms with Gasteiger partial charge in [0.25, 0.3) is 0 Å². The van der Waals surface area contributed by atoms with E-state index in [4.69, 9.17) is 5.26 Å². The fraction of sp³-hybridized carbons (Fsp3) is 0.400. The average molecular weight is 480 g/mol. The van der Waals surface area contributed by atoms with Crippen molar-refractivity contribution in [3.63, 3.8) is 0 Å². The van der Waals surface area contributed by atoms with E-state index in [9.17, 15) is 13.2 Å². The predicted molar refractivity (Wildman–Crippen MR) is 125 cm³/mol. The third-order valence-electron chi connectivity index (χ3n) is 7.32. The Morgan fingerprint density at radius 2 is 1.94 bits per heavy atom. The summed E-state index contributed by atoms with van der Waals surface area (Å²) in [6, 6.07) is 11.9. The van der Waals surface area contributed by atoms with E-state index in [0.717, 1.165) is 56.5 Å². The molecule has 2 fully saturated rings. The zero-order valence-corrected chi connectivity index (χ0v) is 19.0. The van der Waals surface area contributed by atoms with Crippen molar-refractivity contribution in [2.75, 3.05) is 31.1 Å². The molecule has 3 aromatic heterocycles. The van der Waals surface area contributed by atoms with Crippen molar-refractivity contribution in [1.29, 1.82) is 5.26 Å². The van der Waals surface area contributed by atoms with Crippen molar-refractivity contribution in [2.45, 2.75) is 32.0 Å². The van der Waals surface area contributed by atoms with Crippen LogP contribution in [0.25, 0.3) is 16.4 Å². The number of halogens is 3. The molecule has 0 radical (unpaired) electrons. The Hall–Kier alpha value is -3.58. The summed E-state index contributed by atoms with van der Waals surface area (Å²) in [5.74, 6) is 0.703. The molecule has 1 aromatic carbocycles. The largest absolute Gasteiger partial charge is 0.393 e. The second-order valence-electron chi connectivity index (χ2n) is 9.90. The number of anilines is 1. The first kappa shape index (κ1) is 21.9. The molecule has 0 amide bonds. The molecule has 35 heavy (non-hydrogen) atoms. The van der Waals surface area contributed by atoms with E-state index < -0.39 is 12.6 Å². The molecule has 4 aromatic rings. The van der Waals surface area contributed by atoms with Gasteiger partial charge in [-0.3, -0.25) is 4.90 Å². The highest BCUT2D eigenvalue weighted by Crippen LogP contribution is 2.42. The van der Waals surface area contributed by atoms with Crippen molar-refractivity contribution < 1.29 is 13.2 Å². The van der Waals surface area contributed by atoms with Crippen molar-refractivity contribution in [3.8, 4) is 6.07 Å². The lowest BCUT2D eigenvalue weighted by atomic mass is 9.86. The maximum atomic E-state index is 12.9. The van der Waals surface area contributed by atoms with Gasteiger partial charge in [0.15, 0.2) is 5.82 Å². The van der Waals surface area contributed by atoms with Crippen molar-refractivity contribution in [2.24, 2.45) is 5.41 Å². The Morgan fingerprint density at radius 1 is 1.09 bits per heavy atom. The quantitative estimate of drug-likeness (QED) is 0.473. The normalized spacial score (nSPS) is 21.0. The van der Waals surface area contributed by atoms with Gasteiger partial charge >= 0.3 is 6.18 Å². The molecule has 2 aliphatic rings. The molecule has 180 valence electrons. The summed E-state index contributed by atoms with van der Waals surface area (Å²) in [5, 5.41) is 14.3. The Kier molecular flexibility index (Phi) is 5.00. The number of fused-ring (bicyclic) bond motifs is 2. The smallest absolute Gasteiger partial charge is 0.354 e. The first-order chi connectivity index (χ1) is 16.8. The summed E-state index contributed by atoms with van der Waals surface area (Å²) in [6.07, 6.45) is -0.267. The molecule has 2 saturated heterocycles.